The van der Waals surface area contributed by atoms with Crippen LogP contribution in [0, 0.1) is 13.8 Å². The Bertz CT molecular complexity index is 391. The van der Waals surface area contributed by atoms with Crippen LogP contribution in [0.5, 0.6) is 0 Å². The minimum atomic E-state index is 0.0306. The van der Waals surface area contributed by atoms with Gasteiger partial charge in [-0.25, -0.2) is 9.97 Å². The van der Waals surface area contributed by atoms with Gasteiger partial charge < -0.3 is 10.2 Å². The molecule has 0 atom stereocenters. The Hall–Kier alpha value is -1.65. The molecule has 1 N–H and O–H groups in total. The number of nitrogens with one attached hydrogen (secondary N) is 1. The minimum Gasteiger partial charge on any atom is -0.353 e. The van der Waals surface area contributed by atoms with Gasteiger partial charge in [-0.3, -0.25) is 4.79 Å². The zero-order valence-electron chi connectivity index (χ0n) is 8.95. The van der Waals surface area contributed by atoms with Gasteiger partial charge in [0.2, 0.25) is 11.9 Å². The summed E-state index contributed by atoms with van der Waals surface area (Å²) < 4.78 is 0. The molecule has 0 aliphatic carbocycles. The number of piperazine rings is 1. The third-order valence-corrected chi connectivity index (χ3v) is 2.53. The number of rotatable bonds is 1. The van der Waals surface area contributed by atoms with Crippen LogP contribution in [-0.4, -0.2) is 35.5 Å². The molecule has 5 heteroatoms. The van der Waals surface area contributed by atoms with Gasteiger partial charge in [-0.2, -0.15) is 0 Å². The Morgan fingerprint density at radius 3 is 2.93 bits per heavy atom. The van der Waals surface area contributed by atoms with Crippen LogP contribution in [0.4, 0.5) is 5.95 Å². The highest BCUT2D eigenvalue weighted by molar-refractivity contribution is 5.81. The summed E-state index contributed by atoms with van der Waals surface area (Å²) in [5.41, 5.74) is 2.03. The van der Waals surface area contributed by atoms with Gasteiger partial charge in [0.25, 0.3) is 0 Å². The van der Waals surface area contributed by atoms with Crippen molar-refractivity contribution >= 4 is 11.9 Å². The predicted octanol–water partition coefficient (Wildman–Crippen LogP) is 0.0296. The number of hydrogen-bond donors (Lipinski definition) is 1. The van der Waals surface area contributed by atoms with E-state index >= 15 is 0 Å². The average Bonchev–Trinajstić information content (AvgIpc) is 2.22. The summed E-state index contributed by atoms with van der Waals surface area (Å²) >= 11 is 0. The molecule has 1 amide bonds. The van der Waals surface area contributed by atoms with Crippen molar-refractivity contribution in [2.24, 2.45) is 0 Å². The lowest BCUT2D eigenvalue weighted by Crippen LogP contribution is -2.48. The van der Waals surface area contributed by atoms with Crippen molar-refractivity contribution in [2.75, 3.05) is 24.5 Å². The van der Waals surface area contributed by atoms with Crippen molar-refractivity contribution in [3.05, 3.63) is 17.5 Å². The molecule has 0 bridgehead atoms. The first-order chi connectivity index (χ1) is 7.16. The third kappa shape index (κ3) is 2.06. The summed E-state index contributed by atoms with van der Waals surface area (Å²) in [6.07, 6.45) is 1.80. The van der Waals surface area contributed by atoms with Crippen LogP contribution in [0.1, 0.15) is 11.3 Å². The Kier molecular flexibility index (Phi) is 2.53. The van der Waals surface area contributed by atoms with Gasteiger partial charge >= 0.3 is 0 Å². The molecule has 0 radical (unpaired) electrons. The molecule has 1 aromatic rings. The summed E-state index contributed by atoms with van der Waals surface area (Å²) in [4.78, 5) is 21.7. The number of carbonyl (C=O) groups excluding carboxylic acids is 1. The van der Waals surface area contributed by atoms with Gasteiger partial charge in [0.15, 0.2) is 0 Å². The van der Waals surface area contributed by atoms with Crippen molar-refractivity contribution in [3.63, 3.8) is 0 Å². The molecule has 0 unspecified atom stereocenters. The normalized spacial score (nSPS) is 16.4. The van der Waals surface area contributed by atoms with Crippen LogP contribution in [0.25, 0.3) is 0 Å². The molecule has 1 fully saturated rings. The maximum atomic E-state index is 11.2. The first-order valence-electron chi connectivity index (χ1n) is 4.98. The standard InChI is InChI=1S/C10H14N4O/c1-7-5-12-10(13-8(7)2)14-4-3-11-9(15)6-14/h5H,3-4,6H2,1-2H3,(H,11,15). The molecule has 0 aromatic carbocycles. The van der Waals surface area contributed by atoms with Crippen LogP contribution in [-0.2, 0) is 4.79 Å². The highest BCUT2D eigenvalue weighted by Crippen LogP contribution is 2.10. The van der Waals surface area contributed by atoms with E-state index < -0.39 is 0 Å². The number of amides is 1. The summed E-state index contributed by atoms with van der Waals surface area (Å²) in [6, 6.07) is 0. The SMILES string of the molecule is Cc1cnc(N2CCNC(=O)C2)nc1C. The molecule has 1 aromatic heterocycles. The number of hydrogen-bond acceptors (Lipinski definition) is 4. The number of nitrogens with zero attached hydrogens (tertiary/aromatic N) is 3. The first kappa shape index (κ1) is 9.89. The average molecular weight is 206 g/mol. The molecule has 15 heavy (non-hydrogen) atoms. The fraction of sp³-hybridized carbons (Fsp3) is 0.500. The second kappa shape index (κ2) is 3.84. The molecule has 1 aliphatic heterocycles. The largest absolute Gasteiger partial charge is 0.353 e. The molecule has 1 saturated heterocycles. The Morgan fingerprint density at radius 2 is 2.27 bits per heavy atom. The smallest absolute Gasteiger partial charge is 0.239 e. The molecule has 0 saturated carbocycles. The number of anilines is 1. The van der Waals surface area contributed by atoms with Crippen molar-refractivity contribution in [3.8, 4) is 0 Å². The van der Waals surface area contributed by atoms with E-state index in [9.17, 15) is 4.79 Å². The van der Waals surface area contributed by atoms with E-state index in [0.717, 1.165) is 17.8 Å². The van der Waals surface area contributed by atoms with E-state index in [-0.39, 0.29) is 5.91 Å². The summed E-state index contributed by atoms with van der Waals surface area (Å²) in [5.74, 6) is 0.677. The third-order valence-electron chi connectivity index (χ3n) is 2.53. The zero-order valence-corrected chi connectivity index (χ0v) is 8.95. The minimum absolute atomic E-state index is 0.0306. The van der Waals surface area contributed by atoms with E-state index in [0.29, 0.717) is 19.0 Å². The second-order valence-electron chi connectivity index (χ2n) is 3.71. The van der Waals surface area contributed by atoms with Gasteiger partial charge in [-0.1, -0.05) is 0 Å². The van der Waals surface area contributed by atoms with E-state index in [1.165, 1.54) is 0 Å². The molecule has 5 nitrogen and oxygen atoms in total. The van der Waals surface area contributed by atoms with Crippen molar-refractivity contribution in [2.45, 2.75) is 13.8 Å². The van der Waals surface area contributed by atoms with Gasteiger partial charge in [0.05, 0.1) is 6.54 Å². The summed E-state index contributed by atoms with van der Waals surface area (Å²) in [7, 11) is 0. The molecule has 2 rings (SSSR count). The fourth-order valence-electron chi connectivity index (χ4n) is 1.48. The molecule has 2 heterocycles. The highest BCUT2D eigenvalue weighted by atomic mass is 16.2. The Balaban J connectivity index is 2.21. The van der Waals surface area contributed by atoms with E-state index in [1.807, 2.05) is 18.7 Å². The van der Waals surface area contributed by atoms with Crippen LogP contribution in [0.15, 0.2) is 6.20 Å². The molecule has 0 spiro atoms. The molecular weight excluding hydrogens is 192 g/mol. The zero-order chi connectivity index (χ0) is 10.8. The van der Waals surface area contributed by atoms with Gasteiger partial charge in [0.1, 0.15) is 0 Å². The van der Waals surface area contributed by atoms with Crippen molar-refractivity contribution in [1.82, 2.24) is 15.3 Å². The summed E-state index contributed by atoms with van der Waals surface area (Å²) in [5, 5.41) is 2.77. The maximum absolute atomic E-state index is 11.2. The van der Waals surface area contributed by atoms with Crippen LogP contribution >= 0.6 is 0 Å². The lowest BCUT2D eigenvalue weighted by molar-refractivity contribution is -0.120. The van der Waals surface area contributed by atoms with Crippen LogP contribution in [0.3, 0.4) is 0 Å². The van der Waals surface area contributed by atoms with Crippen molar-refractivity contribution < 1.29 is 4.79 Å². The first-order valence-corrected chi connectivity index (χ1v) is 4.98. The second-order valence-corrected chi connectivity index (χ2v) is 3.71. The van der Waals surface area contributed by atoms with Gasteiger partial charge in [-0.15, -0.1) is 0 Å². The van der Waals surface area contributed by atoms with E-state index in [2.05, 4.69) is 15.3 Å². The number of aromatic nitrogens is 2. The monoisotopic (exact) mass is 206 g/mol. The van der Waals surface area contributed by atoms with E-state index in [1.54, 1.807) is 6.20 Å². The van der Waals surface area contributed by atoms with Gasteiger partial charge in [-0.05, 0) is 19.4 Å². The quantitative estimate of drug-likeness (QED) is 0.704. The lowest BCUT2D eigenvalue weighted by Gasteiger charge is -2.26. The molecule has 1 aliphatic rings. The maximum Gasteiger partial charge on any atom is 0.239 e. The van der Waals surface area contributed by atoms with Gasteiger partial charge in [0, 0.05) is 25.0 Å². The fourth-order valence-corrected chi connectivity index (χ4v) is 1.48. The predicted molar refractivity (Wildman–Crippen MR) is 56.7 cm³/mol. The Morgan fingerprint density at radius 1 is 1.47 bits per heavy atom. The van der Waals surface area contributed by atoms with E-state index in [4.69, 9.17) is 0 Å². The number of aryl methyl sites for hydroxylation is 2. The highest BCUT2D eigenvalue weighted by Gasteiger charge is 2.18. The summed E-state index contributed by atoms with van der Waals surface area (Å²) in [6.45, 7) is 5.71. The lowest BCUT2D eigenvalue weighted by atomic mass is 10.3. The van der Waals surface area contributed by atoms with Crippen LogP contribution < -0.4 is 10.2 Å². The molecule has 80 valence electrons. The van der Waals surface area contributed by atoms with Crippen molar-refractivity contribution in [1.29, 1.82) is 0 Å². The Labute approximate surface area is 88.5 Å². The molecular formula is C10H14N4O. The topological polar surface area (TPSA) is 58.1 Å². The number of carbonyl (C=O) groups is 1. The van der Waals surface area contributed by atoms with Crippen LogP contribution in [0.2, 0.25) is 0 Å².